The standard InChI is InChI=1S/C11H18ClN3/c1-5-6-7-9-8(2)13-11(15(3)4)14-10(9)12/h5-7H2,1-4H3. The van der Waals surface area contributed by atoms with Gasteiger partial charge in [0.25, 0.3) is 0 Å². The van der Waals surface area contributed by atoms with E-state index < -0.39 is 0 Å². The molecule has 0 unspecified atom stereocenters. The molecule has 4 heteroatoms. The summed E-state index contributed by atoms with van der Waals surface area (Å²) in [6.07, 6.45) is 3.26. The van der Waals surface area contributed by atoms with E-state index in [9.17, 15) is 0 Å². The van der Waals surface area contributed by atoms with Gasteiger partial charge in [0.2, 0.25) is 5.95 Å². The molecule has 1 aromatic heterocycles. The number of rotatable bonds is 4. The molecule has 0 aliphatic heterocycles. The normalized spacial score (nSPS) is 10.5. The summed E-state index contributed by atoms with van der Waals surface area (Å²) in [6.45, 7) is 4.16. The van der Waals surface area contributed by atoms with Crippen LogP contribution in [0.1, 0.15) is 31.0 Å². The Morgan fingerprint density at radius 1 is 1.27 bits per heavy atom. The lowest BCUT2D eigenvalue weighted by Crippen LogP contribution is -2.14. The highest BCUT2D eigenvalue weighted by atomic mass is 35.5. The molecular weight excluding hydrogens is 210 g/mol. The van der Waals surface area contributed by atoms with Gasteiger partial charge in [-0.15, -0.1) is 0 Å². The predicted molar refractivity (Wildman–Crippen MR) is 64.7 cm³/mol. The number of anilines is 1. The van der Waals surface area contributed by atoms with E-state index >= 15 is 0 Å². The molecule has 1 rings (SSSR count). The summed E-state index contributed by atoms with van der Waals surface area (Å²) < 4.78 is 0. The third-order valence-electron chi connectivity index (χ3n) is 2.33. The maximum absolute atomic E-state index is 6.14. The third-order valence-corrected chi connectivity index (χ3v) is 2.64. The van der Waals surface area contributed by atoms with Crippen molar-refractivity contribution in [2.24, 2.45) is 0 Å². The molecule has 0 bridgehead atoms. The van der Waals surface area contributed by atoms with Crippen molar-refractivity contribution in [3.05, 3.63) is 16.4 Å². The lowest BCUT2D eigenvalue weighted by Gasteiger charge is -2.13. The van der Waals surface area contributed by atoms with Crippen molar-refractivity contribution in [3.8, 4) is 0 Å². The van der Waals surface area contributed by atoms with Gasteiger partial charge >= 0.3 is 0 Å². The third kappa shape index (κ3) is 3.06. The first-order chi connectivity index (χ1) is 7.06. The Bertz CT molecular complexity index is 314. The van der Waals surface area contributed by atoms with Crippen LogP contribution < -0.4 is 4.90 Å². The predicted octanol–water partition coefficient (Wildman–Crippen LogP) is 2.85. The summed E-state index contributed by atoms with van der Waals surface area (Å²) in [7, 11) is 3.83. The molecule has 1 heterocycles. The Labute approximate surface area is 96.5 Å². The largest absolute Gasteiger partial charge is 0.347 e. The van der Waals surface area contributed by atoms with Gasteiger partial charge in [0.05, 0.1) is 0 Å². The van der Waals surface area contributed by atoms with Gasteiger partial charge in [-0.25, -0.2) is 9.97 Å². The van der Waals surface area contributed by atoms with Gasteiger partial charge in [-0.1, -0.05) is 24.9 Å². The minimum absolute atomic E-state index is 0.597. The molecule has 0 aromatic carbocycles. The number of unbranched alkanes of at least 4 members (excludes halogenated alkanes) is 1. The molecule has 0 amide bonds. The van der Waals surface area contributed by atoms with Crippen LogP contribution in [0.2, 0.25) is 5.15 Å². The molecule has 3 nitrogen and oxygen atoms in total. The summed E-state index contributed by atoms with van der Waals surface area (Å²) in [5.74, 6) is 0.678. The van der Waals surface area contributed by atoms with Crippen LogP contribution in [-0.2, 0) is 6.42 Å². The number of halogens is 1. The van der Waals surface area contributed by atoms with Crippen molar-refractivity contribution in [1.82, 2.24) is 9.97 Å². The van der Waals surface area contributed by atoms with Gasteiger partial charge in [0.15, 0.2) is 0 Å². The fourth-order valence-electron chi connectivity index (χ4n) is 1.38. The van der Waals surface area contributed by atoms with Crippen LogP contribution in [-0.4, -0.2) is 24.1 Å². The fourth-order valence-corrected chi connectivity index (χ4v) is 1.69. The molecule has 84 valence electrons. The maximum atomic E-state index is 6.14. The average Bonchev–Trinajstić information content (AvgIpc) is 2.16. The highest BCUT2D eigenvalue weighted by Crippen LogP contribution is 2.21. The monoisotopic (exact) mass is 227 g/mol. The molecule has 0 saturated carbocycles. The SMILES string of the molecule is CCCCc1c(C)nc(N(C)C)nc1Cl. The van der Waals surface area contributed by atoms with Gasteiger partial charge in [-0.2, -0.15) is 0 Å². The molecule has 0 aliphatic carbocycles. The van der Waals surface area contributed by atoms with E-state index in [0.717, 1.165) is 30.5 Å². The quantitative estimate of drug-likeness (QED) is 0.741. The minimum Gasteiger partial charge on any atom is -0.347 e. The van der Waals surface area contributed by atoms with Crippen LogP contribution >= 0.6 is 11.6 Å². The van der Waals surface area contributed by atoms with Crippen LogP contribution in [0.5, 0.6) is 0 Å². The molecule has 0 saturated heterocycles. The first kappa shape index (κ1) is 12.2. The summed E-state index contributed by atoms with van der Waals surface area (Å²) in [4.78, 5) is 10.5. The average molecular weight is 228 g/mol. The van der Waals surface area contributed by atoms with Gasteiger partial charge in [0, 0.05) is 25.4 Å². The second-order valence-corrected chi connectivity index (χ2v) is 4.23. The molecule has 0 N–H and O–H groups in total. The first-order valence-electron chi connectivity index (χ1n) is 5.26. The lowest BCUT2D eigenvalue weighted by atomic mass is 10.1. The van der Waals surface area contributed by atoms with Crippen LogP contribution in [0.15, 0.2) is 0 Å². The van der Waals surface area contributed by atoms with Crippen molar-refractivity contribution in [2.75, 3.05) is 19.0 Å². The van der Waals surface area contributed by atoms with Gasteiger partial charge in [-0.05, 0) is 19.8 Å². The highest BCUT2D eigenvalue weighted by Gasteiger charge is 2.10. The van der Waals surface area contributed by atoms with E-state index in [4.69, 9.17) is 11.6 Å². The summed E-state index contributed by atoms with van der Waals surface area (Å²) in [6, 6.07) is 0. The number of aryl methyl sites for hydroxylation is 1. The van der Waals surface area contributed by atoms with E-state index in [-0.39, 0.29) is 0 Å². The Hall–Kier alpha value is -0.830. The molecule has 1 aromatic rings. The van der Waals surface area contributed by atoms with Crippen LogP contribution in [0.4, 0.5) is 5.95 Å². The second-order valence-electron chi connectivity index (χ2n) is 3.88. The Morgan fingerprint density at radius 2 is 1.93 bits per heavy atom. The molecular formula is C11H18ClN3. The number of nitrogens with zero attached hydrogens (tertiary/aromatic N) is 3. The molecule has 0 aliphatic rings. The zero-order chi connectivity index (χ0) is 11.4. The molecule has 0 fully saturated rings. The summed E-state index contributed by atoms with van der Waals surface area (Å²) in [5.41, 5.74) is 2.08. The van der Waals surface area contributed by atoms with Crippen molar-refractivity contribution in [2.45, 2.75) is 33.1 Å². The molecule has 15 heavy (non-hydrogen) atoms. The zero-order valence-corrected chi connectivity index (χ0v) is 10.6. The van der Waals surface area contributed by atoms with E-state index in [0.29, 0.717) is 11.1 Å². The lowest BCUT2D eigenvalue weighted by molar-refractivity contribution is 0.779. The van der Waals surface area contributed by atoms with E-state index in [1.165, 1.54) is 0 Å². The van der Waals surface area contributed by atoms with Crippen LogP contribution in [0.3, 0.4) is 0 Å². The summed E-state index contributed by atoms with van der Waals surface area (Å²) >= 11 is 6.14. The topological polar surface area (TPSA) is 29.0 Å². The number of hydrogen-bond donors (Lipinski definition) is 0. The van der Waals surface area contributed by atoms with Crippen LogP contribution in [0, 0.1) is 6.92 Å². The van der Waals surface area contributed by atoms with Crippen LogP contribution in [0.25, 0.3) is 0 Å². The maximum Gasteiger partial charge on any atom is 0.226 e. The zero-order valence-electron chi connectivity index (χ0n) is 9.84. The van der Waals surface area contributed by atoms with Crippen molar-refractivity contribution in [3.63, 3.8) is 0 Å². The molecule has 0 radical (unpaired) electrons. The Morgan fingerprint density at radius 3 is 2.40 bits per heavy atom. The van der Waals surface area contributed by atoms with Crippen molar-refractivity contribution >= 4 is 17.5 Å². The van der Waals surface area contributed by atoms with E-state index in [1.807, 2.05) is 25.9 Å². The van der Waals surface area contributed by atoms with Gasteiger partial charge in [-0.3, -0.25) is 0 Å². The Kier molecular flexibility index (Phi) is 4.33. The van der Waals surface area contributed by atoms with Gasteiger partial charge in [0.1, 0.15) is 5.15 Å². The Balaban J connectivity index is 2.99. The minimum atomic E-state index is 0.597. The van der Waals surface area contributed by atoms with Gasteiger partial charge < -0.3 is 4.90 Å². The molecule has 0 spiro atoms. The van der Waals surface area contributed by atoms with E-state index in [1.54, 1.807) is 0 Å². The number of hydrogen-bond acceptors (Lipinski definition) is 3. The fraction of sp³-hybridized carbons (Fsp3) is 0.636. The second kappa shape index (κ2) is 5.31. The molecule has 0 atom stereocenters. The van der Waals surface area contributed by atoms with Crippen molar-refractivity contribution in [1.29, 1.82) is 0 Å². The highest BCUT2D eigenvalue weighted by molar-refractivity contribution is 6.30. The van der Waals surface area contributed by atoms with E-state index in [2.05, 4.69) is 16.9 Å². The summed E-state index contributed by atoms with van der Waals surface area (Å²) in [5, 5.41) is 0.597. The number of aromatic nitrogens is 2. The first-order valence-corrected chi connectivity index (χ1v) is 5.64. The van der Waals surface area contributed by atoms with Crippen molar-refractivity contribution < 1.29 is 0 Å². The smallest absolute Gasteiger partial charge is 0.226 e.